The van der Waals surface area contributed by atoms with Crippen LogP contribution in [-0.2, 0) is 0 Å². The van der Waals surface area contributed by atoms with Gasteiger partial charge in [-0.1, -0.05) is 42.0 Å². The Hall–Kier alpha value is -0.0400. The molecule has 0 aliphatic heterocycles. The van der Waals surface area contributed by atoms with Gasteiger partial charge in [-0.15, -0.1) is 0 Å². The van der Waals surface area contributed by atoms with E-state index in [-0.39, 0.29) is 14.9 Å². The first kappa shape index (κ1) is 16.5. The number of hydrogen-bond donors (Lipinski definition) is 1. The second kappa shape index (κ2) is 7.07. The zero-order chi connectivity index (χ0) is 6.62. The van der Waals surface area contributed by atoms with Gasteiger partial charge in [-0.05, 0) is 11.8 Å². The molecule has 66 valence electrons. The highest BCUT2D eigenvalue weighted by Crippen LogP contribution is 2.22. The molecule has 0 saturated carbocycles. The molecule has 1 nitrogen and oxygen atoms in total. The quantitative estimate of drug-likeness (QED) is 0.652. The van der Waals surface area contributed by atoms with E-state index in [9.17, 15) is 0 Å². The minimum atomic E-state index is 0. The van der Waals surface area contributed by atoms with Crippen LogP contribution in [-0.4, -0.2) is 11.7 Å². The molecule has 0 aliphatic rings. The number of rotatable bonds is 3. The molecule has 0 spiro atoms. The van der Waals surface area contributed by atoms with Crippen LogP contribution >= 0.6 is 0 Å². The molecule has 0 bridgehead atoms. The van der Waals surface area contributed by atoms with Crippen LogP contribution in [0.15, 0.2) is 0 Å². The Labute approximate surface area is 66.5 Å². The van der Waals surface area contributed by atoms with Gasteiger partial charge in [-0.2, -0.15) is 0 Å². The van der Waals surface area contributed by atoms with Crippen molar-refractivity contribution in [3.8, 4) is 0 Å². The maximum absolute atomic E-state index is 8.53. The van der Waals surface area contributed by atoms with Crippen molar-refractivity contribution in [1.82, 2.24) is 0 Å². The van der Waals surface area contributed by atoms with Gasteiger partial charge in [0.2, 0.25) is 0 Å². The van der Waals surface area contributed by atoms with Gasteiger partial charge < -0.3 is 5.11 Å². The molecule has 0 aromatic carbocycles. The van der Waals surface area contributed by atoms with Crippen LogP contribution in [0, 0.1) is 5.41 Å². The third-order valence-electron chi connectivity index (χ3n) is 1.75. The highest BCUT2D eigenvalue weighted by atomic mass is 16.3. The highest BCUT2D eigenvalue weighted by Gasteiger charge is 2.12. The number of aliphatic hydroxyl groups excluding tert-OH is 1. The average molecular weight is 148 g/mol. The van der Waals surface area contributed by atoms with Crippen molar-refractivity contribution in [1.29, 1.82) is 0 Å². The molecule has 0 unspecified atom stereocenters. The molecule has 0 aromatic rings. The lowest BCUT2D eigenvalue weighted by Crippen LogP contribution is -2.10. The summed E-state index contributed by atoms with van der Waals surface area (Å²) >= 11 is 0. The molecule has 0 amide bonds. The summed E-state index contributed by atoms with van der Waals surface area (Å²) in [5, 5.41) is 8.53. The van der Waals surface area contributed by atoms with Crippen molar-refractivity contribution in [2.75, 3.05) is 6.61 Å². The van der Waals surface area contributed by atoms with Gasteiger partial charge in [0.1, 0.15) is 0 Å². The summed E-state index contributed by atoms with van der Waals surface area (Å²) in [5.41, 5.74) is 0.342. The fourth-order valence-electron chi connectivity index (χ4n) is 0.479. The van der Waals surface area contributed by atoms with E-state index in [0.717, 1.165) is 12.8 Å². The van der Waals surface area contributed by atoms with Gasteiger partial charge in [0.25, 0.3) is 0 Å². The molecule has 0 radical (unpaired) electrons. The Balaban J connectivity index is -0.000000245. The van der Waals surface area contributed by atoms with E-state index in [1.54, 1.807) is 0 Å². The molecule has 1 N–H and O–H groups in total. The molecule has 0 atom stereocenters. The predicted octanol–water partition coefficient (Wildman–Crippen LogP) is 3.08. The van der Waals surface area contributed by atoms with Crippen molar-refractivity contribution in [3.05, 3.63) is 0 Å². The maximum Gasteiger partial charge on any atom is 0.0436 e. The summed E-state index contributed by atoms with van der Waals surface area (Å²) in [6, 6.07) is 0. The summed E-state index contributed by atoms with van der Waals surface area (Å²) < 4.78 is 0. The van der Waals surface area contributed by atoms with E-state index in [4.69, 9.17) is 5.11 Å². The van der Waals surface area contributed by atoms with Crippen molar-refractivity contribution >= 4 is 0 Å². The third-order valence-corrected chi connectivity index (χ3v) is 1.75. The van der Waals surface area contributed by atoms with Crippen LogP contribution in [0.5, 0.6) is 0 Å². The standard InChI is InChI=1S/C7H16O.2CH4/c1-4-7(2,3)5-6-8;;/h8H,4-6H2,1-3H3;2*1H4. The van der Waals surface area contributed by atoms with Gasteiger partial charge >= 0.3 is 0 Å². The van der Waals surface area contributed by atoms with Crippen molar-refractivity contribution in [3.63, 3.8) is 0 Å². The summed E-state index contributed by atoms with van der Waals surface area (Å²) in [5.74, 6) is 0. The summed E-state index contributed by atoms with van der Waals surface area (Å²) in [4.78, 5) is 0. The Kier molecular flexibility index (Phi) is 11.7. The van der Waals surface area contributed by atoms with Crippen LogP contribution in [0.2, 0.25) is 0 Å². The summed E-state index contributed by atoms with van der Waals surface area (Å²) in [7, 11) is 0. The molecule has 0 rings (SSSR count). The Morgan fingerprint density at radius 2 is 1.60 bits per heavy atom. The van der Waals surface area contributed by atoms with E-state index < -0.39 is 0 Å². The Morgan fingerprint density at radius 1 is 1.20 bits per heavy atom. The Morgan fingerprint density at radius 3 is 1.70 bits per heavy atom. The number of hydrogen-bond acceptors (Lipinski definition) is 1. The van der Waals surface area contributed by atoms with Gasteiger partial charge in [-0.3, -0.25) is 0 Å². The average Bonchev–Trinajstić information content (AvgIpc) is 1.67. The highest BCUT2D eigenvalue weighted by molar-refractivity contribution is 4.64. The summed E-state index contributed by atoms with van der Waals surface area (Å²) in [6.07, 6.45) is 2.07. The lowest BCUT2D eigenvalue weighted by Gasteiger charge is -2.20. The van der Waals surface area contributed by atoms with E-state index in [1.165, 1.54) is 0 Å². The molecule has 0 heterocycles. The first-order chi connectivity index (χ1) is 3.62. The van der Waals surface area contributed by atoms with Gasteiger partial charge in [-0.25, -0.2) is 0 Å². The van der Waals surface area contributed by atoms with Crippen LogP contribution in [0.25, 0.3) is 0 Å². The monoisotopic (exact) mass is 148 g/mol. The molecule has 0 aromatic heterocycles. The fraction of sp³-hybridized carbons (Fsp3) is 1.00. The second-order valence-electron chi connectivity index (χ2n) is 2.99. The maximum atomic E-state index is 8.53. The van der Waals surface area contributed by atoms with Gasteiger partial charge in [0, 0.05) is 6.61 Å². The van der Waals surface area contributed by atoms with E-state index in [2.05, 4.69) is 20.8 Å². The molecule has 0 aliphatic carbocycles. The van der Waals surface area contributed by atoms with E-state index in [1.807, 2.05) is 0 Å². The van der Waals surface area contributed by atoms with Crippen molar-refractivity contribution < 1.29 is 5.11 Å². The lowest BCUT2D eigenvalue weighted by atomic mass is 9.87. The minimum Gasteiger partial charge on any atom is -0.396 e. The normalized spacial score (nSPS) is 9.60. The molecule has 10 heavy (non-hydrogen) atoms. The molecule has 1 heteroatoms. The van der Waals surface area contributed by atoms with Crippen LogP contribution in [0.4, 0.5) is 0 Å². The smallest absolute Gasteiger partial charge is 0.0436 e. The fourth-order valence-corrected chi connectivity index (χ4v) is 0.479. The topological polar surface area (TPSA) is 20.2 Å². The number of aliphatic hydroxyl groups is 1. The zero-order valence-corrected chi connectivity index (χ0v) is 6.07. The molecular weight excluding hydrogens is 124 g/mol. The first-order valence-corrected chi connectivity index (χ1v) is 3.23. The minimum absolute atomic E-state index is 0. The predicted molar refractivity (Wildman–Crippen MR) is 49.2 cm³/mol. The molecule has 0 fully saturated rings. The Bertz CT molecular complexity index is 57.7. The molecular formula is C9H24O. The van der Waals surface area contributed by atoms with E-state index in [0.29, 0.717) is 12.0 Å². The zero-order valence-electron chi connectivity index (χ0n) is 6.07. The molecule has 0 saturated heterocycles. The van der Waals surface area contributed by atoms with Crippen LogP contribution < -0.4 is 0 Å². The largest absolute Gasteiger partial charge is 0.396 e. The van der Waals surface area contributed by atoms with Crippen molar-refractivity contribution in [2.45, 2.75) is 48.5 Å². The SMILES string of the molecule is C.C.CCC(C)(C)CCO. The second-order valence-corrected chi connectivity index (χ2v) is 2.99. The van der Waals surface area contributed by atoms with Crippen LogP contribution in [0.1, 0.15) is 48.5 Å². The summed E-state index contributed by atoms with van der Waals surface area (Å²) in [6.45, 7) is 6.81. The van der Waals surface area contributed by atoms with Crippen LogP contribution in [0.3, 0.4) is 0 Å². The van der Waals surface area contributed by atoms with E-state index >= 15 is 0 Å². The van der Waals surface area contributed by atoms with Gasteiger partial charge in [0.05, 0.1) is 0 Å². The van der Waals surface area contributed by atoms with Crippen molar-refractivity contribution in [2.24, 2.45) is 5.41 Å². The first-order valence-electron chi connectivity index (χ1n) is 3.23. The lowest BCUT2D eigenvalue weighted by molar-refractivity contribution is 0.207. The van der Waals surface area contributed by atoms with Gasteiger partial charge in [0.15, 0.2) is 0 Å². The third kappa shape index (κ3) is 7.96.